The highest BCUT2D eigenvalue weighted by Gasteiger charge is 2.05. The van der Waals surface area contributed by atoms with E-state index >= 15 is 0 Å². The lowest BCUT2D eigenvalue weighted by atomic mass is 10.2. The molecule has 0 fully saturated rings. The number of guanidine groups is 1. The summed E-state index contributed by atoms with van der Waals surface area (Å²) in [4.78, 5) is 8.88. The Morgan fingerprint density at radius 3 is 2.57 bits per heavy atom. The Hall–Kier alpha value is -1.81. The number of unbranched alkanes of at least 4 members (excludes halogenated alkanes) is 1. The number of aliphatic imine (C=N–C) groups is 1. The summed E-state index contributed by atoms with van der Waals surface area (Å²) in [5.41, 5.74) is 1.36. The van der Waals surface area contributed by atoms with E-state index in [0.717, 1.165) is 51.4 Å². The van der Waals surface area contributed by atoms with Gasteiger partial charge < -0.3 is 15.1 Å². The molecule has 0 aliphatic rings. The Morgan fingerprint density at radius 1 is 1.17 bits per heavy atom. The van der Waals surface area contributed by atoms with Crippen molar-refractivity contribution in [2.75, 3.05) is 40.8 Å². The van der Waals surface area contributed by atoms with E-state index in [0.29, 0.717) is 0 Å². The number of nitrogens with one attached hydrogen (secondary N) is 1. The fraction of sp³-hybridized carbons (Fsp3) is 0.526. The highest BCUT2D eigenvalue weighted by molar-refractivity contribution is 5.79. The molecule has 1 N–H and O–H groups in total. The molecule has 0 atom stereocenters. The molecular formula is C19H32N4. The molecule has 0 aliphatic heterocycles. The van der Waals surface area contributed by atoms with Crippen molar-refractivity contribution in [3.05, 3.63) is 48.6 Å². The minimum absolute atomic E-state index is 0.942. The fourth-order valence-corrected chi connectivity index (χ4v) is 2.49. The first kappa shape index (κ1) is 19.2. The average molecular weight is 316 g/mol. The Bertz CT molecular complexity index is 456. The van der Waals surface area contributed by atoms with Crippen molar-refractivity contribution in [1.29, 1.82) is 0 Å². The van der Waals surface area contributed by atoms with Crippen LogP contribution in [0.3, 0.4) is 0 Å². The smallest absolute Gasteiger partial charge is 0.193 e. The highest BCUT2D eigenvalue weighted by atomic mass is 15.3. The first-order valence-corrected chi connectivity index (χ1v) is 8.42. The second kappa shape index (κ2) is 11.7. The number of hydrogen-bond donors (Lipinski definition) is 1. The molecule has 0 unspecified atom stereocenters. The molecule has 0 bridgehead atoms. The standard InChI is InChI=1S/C19H32N4/c1-5-6-10-16-23(4)19(20-2)21-14-11-15-22(3)17-18-12-8-7-9-13-18/h5,7-9,12-13H,1,6,10-11,14-17H2,2-4H3,(H,20,21). The van der Waals surface area contributed by atoms with Crippen molar-refractivity contribution in [2.45, 2.75) is 25.8 Å². The third-order valence-corrected chi connectivity index (χ3v) is 3.77. The molecule has 0 spiro atoms. The lowest BCUT2D eigenvalue weighted by molar-refractivity contribution is 0.321. The van der Waals surface area contributed by atoms with Crippen LogP contribution in [-0.2, 0) is 6.54 Å². The lowest BCUT2D eigenvalue weighted by Gasteiger charge is -2.22. The maximum absolute atomic E-state index is 4.34. The summed E-state index contributed by atoms with van der Waals surface area (Å²) in [7, 11) is 6.09. The summed E-state index contributed by atoms with van der Waals surface area (Å²) >= 11 is 0. The molecule has 0 aliphatic carbocycles. The van der Waals surface area contributed by atoms with Gasteiger partial charge >= 0.3 is 0 Å². The van der Waals surface area contributed by atoms with E-state index in [1.165, 1.54) is 5.56 Å². The zero-order chi connectivity index (χ0) is 16.9. The van der Waals surface area contributed by atoms with Gasteiger partial charge in [0, 0.05) is 33.7 Å². The van der Waals surface area contributed by atoms with Crippen molar-refractivity contribution in [2.24, 2.45) is 4.99 Å². The van der Waals surface area contributed by atoms with Crippen molar-refractivity contribution < 1.29 is 0 Å². The van der Waals surface area contributed by atoms with Crippen LogP contribution in [0.1, 0.15) is 24.8 Å². The SMILES string of the molecule is C=CCCCN(C)C(=NC)NCCCN(C)Cc1ccccc1. The molecule has 0 aromatic heterocycles. The number of allylic oxidation sites excluding steroid dienone is 1. The van der Waals surface area contributed by atoms with Crippen LogP contribution in [0.5, 0.6) is 0 Å². The van der Waals surface area contributed by atoms with E-state index in [1.54, 1.807) is 0 Å². The first-order valence-electron chi connectivity index (χ1n) is 8.42. The summed E-state index contributed by atoms with van der Waals surface area (Å²) in [5.74, 6) is 0.972. The van der Waals surface area contributed by atoms with Crippen molar-refractivity contribution in [1.82, 2.24) is 15.1 Å². The largest absolute Gasteiger partial charge is 0.356 e. The van der Waals surface area contributed by atoms with Crippen LogP contribution in [0, 0.1) is 0 Å². The summed E-state index contributed by atoms with van der Waals surface area (Å²) < 4.78 is 0. The minimum Gasteiger partial charge on any atom is -0.356 e. The Morgan fingerprint density at radius 2 is 1.91 bits per heavy atom. The predicted octanol–water partition coefficient (Wildman–Crippen LogP) is 2.98. The van der Waals surface area contributed by atoms with Crippen molar-refractivity contribution >= 4 is 5.96 Å². The summed E-state index contributed by atoms with van der Waals surface area (Å²) in [6.45, 7) is 7.77. The molecule has 4 heteroatoms. The number of nitrogens with zero attached hydrogens (tertiary/aromatic N) is 3. The molecule has 0 saturated carbocycles. The van der Waals surface area contributed by atoms with Gasteiger partial charge in [-0.25, -0.2) is 0 Å². The monoisotopic (exact) mass is 316 g/mol. The molecular weight excluding hydrogens is 284 g/mol. The molecule has 0 amide bonds. The molecule has 1 aromatic rings. The van der Waals surface area contributed by atoms with Crippen LogP contribution in [0.2, 0.25) is 0 Å². The van der Waals surface area contributed by atoms with Crippen LogP contribution < -0.4 is 5.32 Å². The van der Waals surface area contributed by atoms with Gasteiger partial charge in [-0.3, -0.25) is 4.99 Å². The maximum atomic E-state index is 4.34. The van der Waals surface area contributed by atoms with E-state index in [9.17, 15) is 0 Å². The first-order chi connectivity index (χ1) is 11.2. The van der Waals surface area contributed by atoms with Gasteiger partial charge in [0.25, 0.3) is 0 Å². The molecule has 1 aromatic carbocycles. The van der Waals surface area contributed by atoms with Crippen LogP contribution >= 0.6 is 0 Å². The maximum Gasteiger partial charge on any atom is 0.193 e. The van der Waals surface area contributed by atoms with Gasteiger partial charge in [0.15, 0.2) is 5.96 Å². The van der Waals surface area contributed by atoms with Crippen LogP contribution in [0.15, 0.2) is 48.0 Å². The van der Waals surface area contributed by atoms with E-state index in [-0.39, 0.29) is 0 Å². The topological polar surface area (TPSA) is 30.9 Å². The molecule has 128 valence electrons. The quantitative estimate of drug-likeness (QED) is 0.312. The van der Waals surface area contributed by atoms with Gasteiger partial charge in [0.05, 0.1) is 0 Å². The van der Waals surface area contributed by atoms with Crippen LogP contribution in [-0.4, -0.2) is 56.5 Å². The lowest BCUT2D eigenvalue weighted by Crippen LogP contribution is -2.40. The van der Waals surface area contributed by atoms with Gasteiger partial charge in [-0.1, -0.05) is 36.4 Å². The fourth-order valence-electron chi connectivity index (χ4n) is 2.49. The Balaban J connectivity index is 2.20. The number of benzene rings is 1. The third kappa shape index (κ3) is 8.41. The molecule has 0 radical (unpaired) electrons. The van der Waals surface area contributed by atoms with Crippen LogP contribution in [0.4, 0.5) is 0 Å². The second-order valence-corrected chi connectivity index (χ2v) is 5.90. The molecule has 4 nitrogen and oxygen atoms in total. The minimum atomic E-state index is 0.942. The molecule has 0 heterocycles. The van der Waals surface area contributed by atoms with Crippen molar-refractivity contribution in [3.8, 4) is 0 Å². The molecule has 23 heavy (non-hydrogen) atoms. The summed E-state index contributed by atoms with van der Waals surface area (Å²) in [6.07, 6.45) is 5.22. The van der Waals surface area contributed by atoms with Crippen LogP contribution in [0.25, 0.3) is 0 Å². The van der Waals surface area contributed by atoms with E-state index in [4.69, 9.17) is 0 Å². The molecule has 1 rings (SSSR count). The van der Waals surface area contributed by atoms with Gasteiger partial charge in [-0.2, -0.15) is 0 Å². The molecule has 0 saturated heterocycles. The predicted molar refractivity (Wildman–Crippen MR) is 101 cm³/mol. The normalized spacial score (nSPS) is 11.6. The highest BCUT2D eigenvalue weighted by Crippen LogP contribution is 2.02. The van der Waals surface area contributed by atoms with E-state index in [1.807, 2.05) is 13.1 Å². The van der Waals surface area contributed by atoms with Gasteiger partial charge in [0.2, 0.25) is 0 Å². The zero-order valence-corrected chi connectivity index (χ0v) is 15.0. The van der Waals surface area contributed by atoms with Crippen molar-refractivity contribution in [3.63, 3.8) is 0 Å². The van der Waals surface area contributed by atoms with Gasteiger partial charge in [0.1, 0.15) is 0 Å². The number of rotatable bonds is 10. The summed E-state index contributed by atoms with van der Waals surface area (Å²) in [5, 5.41) is 3.44. The van der Waals surface area contributed by atoms with E-state index in [2.05, 4.69) is 71.1 Å². The average Bonchev–Trinajstić information content (AvgIpc) is 2.56. The summed E-state index contributed by atoms with van der Waals surface area (Å²) in [6, 6.07) is 10.6. The Kier molecular flexibility index (Phi) is 9.80. The number of hydrogen-bond acceptors (Lipinski definition) is 2. The Labute approximate surface area is 141 Å². The zero-order valence-electron chi connectivity index (χ0n) is 15.0. The van der Waals surface area contributed by atoms with E-state index < -0.39 is 0 Å². The second-order valence-electron chi connectivity index (χ2n) is 5.90. The van der Waals surface area contributed by atoms with Gasteiger partial charge in [-0.15, -0.1) is 6.58 Å². The van der Waals surface area contributed by atoms with Gasteiger partial charge in [-0.05, 0) is 38.4 Å². The third-order valence-electron chi connectivity index (χ3n) is 3.77.